The highest BCUT2D eigenvalue weighted by Crippen LogP contribution is 2.37. The predicted molar refractivity (Wildman–Crippen MR) is 128 cm³/mol. The van der Waals surface area contributed by atoms with Gasteiger partial charge < -0.3 is 4.57 Å². The number of hydrogen-bond donors (Lipinski definition) is 0. The van der Waals surface area contributed by atoms with Gasteiger partial charge in [0.25, 0.3) is 0 Å². The van der Waals surface area contributed by atoms with Crippen molar-refractivity contribution in [2.24, 2.45) is 0 Å². The zero-order valence-corrected chi connectivity index (χ0v) is 17.2. The smallest absolute Gasteiger partial charge is 0.238 e. The molecule has 0 spiro atoms. The predicted octanol–water partition coefficient (Wildman–Crippen LogP) is 5.66. The third-order valence-corrected chi connectivity index (χ3v) is 6.23. The maximum atomic E-state index is 5.23. The minimum atomic E-state index is 0.571. The standard InChI is InChI=1S/C26H18N6/c1-2-8-17(9-3-1)31-22-13-7-5-11-19(22)24-23(31)14-20-18-10-4-6-12-21(18)32(25(20)30-24)26-28-15-27-16-29-26/h1-2,4-8,10-16H,3,9H2. The van der Waals surface area contributed by atoms with Crippen LogP contribution in [0, 0.1) is 0 Å². The summed E-state index contributed by atoms with van der Waals surface area (Å²) in [6.45, 7) is 0. The van der Waals surface area contributed by atoms with Gasteiger partial charge in [0.1, 0.15) is 18.3 Å². The number of allylic oxidation sites excluding steroid dienone is 4. The summed E-state index contributed by atoms with van der Waals surface area (Å²) in [7, 11) is 0. The largest absolute Gasteiger partial charge is 0.311 e. The maximum Gasteiger partial charge on any atom is 0.238 e. The number of aromatic nitrogens is 6. The van der Waals surface area contributed by atoms with Gasteiger partial charge in [-0.05, 0) is 37.1 Å². The van der Waals surface area contributed by atoms with Crippen molar-refractivity contribution in [1.29, 1.82) is 0 Å². The van der Waals surface area contributed by atoms with Gasteiger partial charge in [0, 0.05) is 21.9 Å². The van der Waals surface area contributed by atoms with Crippen molar-refractivity contribution in [2.45, 2.75) is 12.8 Å². The highest BCUT2D eigenvalue weighted by Gasteiger charge is 2.20. The second-order valence-electron chi connectivity index (χ2n) is 8.00. The first kappa shape index (κ1) is 17.4. The lowest BCUT2D eigenvalue weighted by molar-refractivity contribution is 0.932. The number of rotatable bonds is 2. The van der Waals surface area contributed by atoms with E-state index in [1.165, 1.54) is 23.9 Å². The molecule has 0 amide bonds. The Labute approximate surface area is 183 Å². The van der Waals surface area contributed by atoms with E-state index in [1.807, 2.05) is 10.6 Å². The first-order chi connectivity index (χ1) is 15.9. The van der Waals surface area contributed by atoms with Crippen LogP contribution in [0.5, 0.6) is 0 Å². The van der Waals surface area contributed by atoms with E-state index in [0.29, 0.717) is 5.95 Å². The van der Waals surface area contributed by atoms with Gasteiger partial charge in [-0.3, -0.25) is 4.57 Å². The number of para-hydroxylation sites is 2. The first-order valence-electron chi connectivity index (χ1n) is 10.7. The molecule has 0 fully saturated rings. The molecule has 4 aromatic heterocycles. The zero-order chi connectivity index (χ0) is 21.1. The van der Waals surface area contributed by atoms with Crippen LogP contribution < -0.4 is 0 Å². The monoisotopic (exact) mass is 414 g/mol. The SMILES string of the molecule is C1=CCCC(n2c3ccccc3c3nc4c(cc32)c2ccccc2n4-c2ncncn2)=C1. The average Bonchev–Trinajstić information content (AvgIpc) is 3.36. The highest BCUT2D eigenvalue weighted by atomic mass is 15.2. The third-order valence-electron chi connectivity index (χ3n) is 6.23. The van der Waals surface area contributed by atoms with Crippen molar-refractivity contribution >= 4 is 49.6 Å². The molecule has 6 nitrogen and oxygen atoms in total. The quantitative estimate of drug-likeness (QED) is 0.367. The van der Waals surface area contributed by atoms with Crippen LogP contribution in [0.25, 0.3) is 55.5 Å². The average molecular weight is 414 g/mol. The molecule has 0 saturated heterocycles. The van der Waals surface area contributed by atoms with Gasteiger partial charge in [-0.25, -0.2) is 19.9 Å². The molecular weight excluding hydrogens is 396 g/mol. The molecule has 6 heteroatoms. The summed E-state index contributed by atoms with van der Waals surface area (Å²) in [4.78, 5) is 18.1. The number of hydrogen-bond acceptors (Lipinski definition) is 4. The van der Waals surface area contributed by atoms with E-state index in [0.717, 1.165) is 51.2 Å². The highest BCUT2D eigenvalue weighted by molar-refractivity contribution is 6.16. The van der Waals surface area contributed by atoms with Crippen molar-refractivity contribution in [1.82, 2.24) is 29.1 Å². The lowest BCUT2D eigenvalue weighted by atomic mass is 10.1. The van der Waals surface area contributed by atoms with Crippen LogP contribution in [0.4, 0.5) is 0 Å². The van der Waals surface area contributed by atoms with E-state index in [4.69, 9.17) is 4.98 Å². The number of benzene rings is 2. The lowest BCUT2D eigenvalue weighted by Crippen LogP contribution is -2.02. The van der Waals surface area contributed by atoms with Crippen molar-refractivity contribution in [3.8, 4) is 5.95 Å². The van der Waals surface area contributed by atoms with Gasteiger partial charge in [-0.1, -0.05) is 48.6 Å². The summed E-state index contributed by atoms with van der Waals surface area (Å²) in [5.41, 5.74) is 6.47. The Morgan fingerprint density at radius 2 is 1.50 bits per heavy atom. The van der Waals surface area contributed by atoms with Crippen LogP contribution in [-0.4, -0.2) is 29.1 Å². The van der Waals surface area contributed by atoms with Crippen LogP contribution in [0.3, 0.4) is 0 Å². The summed E-state index contributed by atoms with van der Waals surface area (Å²) in [6, 6.07) is 19.1. The van der Waals surface area contributed by atoms with E-state index in [2.05, 4.69) is 86.3 Å². The van der Waals surface area contributed by atoms with Crippen molar-refractivity contribution in [2.75, 3.05) is 0 Å². The Balaban J connectivity index is 1.68. The second kappa shape index (κ2) is 6.59. The van der Waals surface area contributed by atoms with Crippen LogP contribution in [0.2, 0.25) is 0 Å². The molecule has 2 aromatic carbocycles. The maximum absolute atomic E-state index is 5.23. The normalized spacial score (nSPS) is 14.1. The molecule has 6 aromatic rings. The summed E-state index contributed by atoms with van der Waals surface area (Å²) in [5, 5.41) is 3.36. The number of pyridine rings is 1. The van der Waals surface area contributed by atoms with E-state index in [1.54, 1.807) is 0 Å². The van der Waals surface area contributed by atoms with Gasteiger partial charge in [0.05, 0.1) is 22.1 Å². The third kappa shape index (κ3) is 2.34. The Morgan fingerprint density at radius 1 is 0.750 bits per heavy atom. The van der Waals surface area contributed by atoms with Gasteiger partial charge in [-0.2, -0.15) is 0 Å². The first-order valence-corrected chi connectivity index (χ1v) is 10.7. The molecule has 152 valence electrons. The van der Waals surface area contributed by atoms with Gasteiger partial charge in [-0.15, -0.1) is 0 Å². The summed E-state index contributed by atoms with van der Waals surface area (Å²) in [6.07, 6.45) is 11.7. The van der Waals surface area contributed by atoms with Gasteiger partial charge in [0.2, 0.25) is 5.95 Å². The molecule has 0 N–H and O–H groups in total. The van der Waals surface area contributed by atoms with Gasteiger partial charge in [0.15, 0.2) is 0 Å². The summed E-state index contributed by atoms with van der Waals surface area (Å²) >= 11 is 0. The molecule has 32 heavy (non-hydrogen) atoms. The molecule has 0 saturated carbocycles. The Hall–Kier alpha value is -4.32. The van der Waals surface area contributed by atoms with Crippen LogP contribution in [-0.2, 0) is 0 Å². The van der Waals surface area contributed by atoms with Gasteiger partial charge >= 0.3 is 0 Å². The van der Waals surface area contributed by atoms with Crippen LogP contribution >= 0.6 is 0 Å². The number of nitrogens with zero attached hydrogens (tertiary/aromatic N) is 6. The van der Waals surface area contributed by atoms with Crippen LogP contribution in [0.15, 0.2) is 85.5 Å². The molecule has 0 unspecified atom stereocenters. The van der Waals surface area contributed by atoms with Crippen LogP contribution in [0.1, 0.15) is 12.8 Å². The molecular formula is C26H18N6. The van der Waals surface area contributed by atoms with Crippen molar-refractivity contribution < 1.29 is 0 Å². The topological polar surface area (TPSA) is 61.4 Å². The fourth-order valence-electron chi connectivity index (χ4n) is 4.88. The molecule has 1 aliphatic rings. The Bertz CT molecular complexity index is 1720. The molecule has 0 radical (unpaired) electrons. The molecule has 7 rings (SSSR count). The summed E-state index contributed by atoms with van der Waals surface area (Å²) in [5.74, 6) is 0.571. The van der Waals surface area contributed by atoms with E-state index >= 15 is 0 Å². The Morgan fingerprint density at radius 3 is 2.28 bits per heavy atom. The lowest BCUT2D eigenvalue weighted by Gasteiger charge is -2.13. The molecule has 0 aliphatic heterocycles. The molecule has 1 aliphatic carbocycles. The Kier molecular flexibility index (Phi) is 3.58. The summed E-state index contributed by atoms with van der Waals surface area (Å²) < 4.78 is 4.40. The van der Waals surface area contributed by atoms with Crippen molar-refractivity contribution in [3.63, 3.8) is 0 Å². The number of fused-ring (bicyclic) bond motifs is 6. The van der Waals surface area contributed by atoms with Crippen molar-refractivity contribution in [3.05, 3.63) is 85.5 Å². The van der Waals surface area contributed by atoms with E-state index in [-0.39, 0.29) is 0 Å². The molecule has 0 atom stereocenters. The van der Waals surface area contributed by atoms with E-state index < -0.39 is 0 Å². The second-order valence-corrected chi connectivity index (χ2v) is 8.00. The fraction of sp³-hybridized carbons (Fsp3) is 0.0769. The molecule has 4 heterocycles. The molecule has 0 bridgehead atoms. The fourth-order valence-corrected chi connectivity index (χ4v) is 4.88. The minimum absolute atomic E-state index is 0.571. The van der Waals surface area contributed by atoms with E-state index in [9.17, 15) is 0 Å². The zero-order valence-electron chi connectivity index (χ0n) is 17.2. The minimum Gasteiger partial charge on any atom is -0.311 e.